The molecule has 0 aromatic heterocycles. The molecule has 1 unspecified atom stereocenters. The van der Waals surface area contributed by atoms with Gasteiger partial charge < -0.3 is 24.8 Å². The van der Waals surface area contributed by atoms with Crippen LogP contribution in [0.5, 0.6) is 11.5 Å². The highest BCUT2D eigenvalue weighted by Crippen LogP contribution is 2.54. The first kappa shape index (κ1) is 16.6. The second-order valence-corrected chi connectivity index (χ2v) is 6.40. The summed E-state index contributed by atoms with van der Waals surface area (Å²) in [5.41, 5.74) is 3.95. The summed E-state index contributed by atoms with van der Waals surface area (Å²) in [6, 6.07) is 11.3. The van der Waals surface area contributed by atoms with E-state index in [0.717, 1.165) is 28.3 Å². The van der Waals surface area contributed by atoms with Crippen molar-refractivity contribution < 1.29 is 19.0 Å². The van der Waals surface area contributed by atoms with Crippen LogP contribution in [0.15, 0.2) is 36.4 Å². The molecule has 0 bridgehead atoms. The van der Waals surface area contributed by atoms with Crippen molar-refractivity contribution in [3.63, 3.8) is 0 Å². The molecule has 0 saturated carbocycles. The Kier molecular flexibility index (Phi) is 4.11. The lowest BCUT2D eigenvalue weighted by Gasteiger charge is -2.36. The maximum absolute atomic E-state index is 12.7. The van der Waals surface area contributed by atoms with Crippen LogP contribution < -0.4 is 20.1 Å². The molecule has 3 atom stereocenters. The Labute approximate surface area is 152 Å². The zero-order chi connectivity index (χ0) is 18.3. The number of benzene rings is 2. The normalized spacial score (nSPS) is 22.2. The van der Waals surface area contributed by atoms with E-state index in [2.05, 4.69) is 16.7 Å². The van der Waals surface area contributed by atoms with Gasteiger partial charge in [0, 0.05) is 35.0 Å². The number of nitrogens with one attached hydrogen (secondary N) is 2. The lowest BCUT2D eigenvalue weighted by molar-refractivity contribution is -0.144. The highest BCUT2D eigenvalue weighted by atomic mass is 16.5. The van der Waals surface area contributed by atoms with Gasteiger partial charge in [-0.25, -0.2) is 4.79 Å². The van der Waals surface area contributed by atoms with E-state index in [9.17, 15) is 4.79 Å². The van der Waals surface area contributed by atoms with Gasteiger partial charge in [-0.3, -0.25) is 0 Å². The summed E-state index contributed by atoms with van der Waals surface area (Å²) in [5, 5.41) is 6.93. The predicted octanol–water partition coefficient (Wildman–Crippen LogP) is 3.31. The van der Waals surface area contributed by atoms with Gasteiger partial charge >= 0.3 is 5.97 Å². The molecule has 2 aliphatic rings. The number of hydrogen-bond acceptors (Lipinski definition) is 6. The zero-order valence-corrected chi connectivity index (χ0v) is 15.0. The molecular weight excluding hydrogens is 332 g/mol. The fourth-order valence-electron chi connectivity index (χ4n) is 4.00. The molecule has 2 aromatic rings. The molecule has 0 fully saturated rings. The van der Waals surface area contributed by atoms with Crippen molar-refractivity contribution >= 4 is 17.3 Å². The summed E-state index contributed by atoms with van der Waals surface area (Å²) in [6.07, 6.45) is 0. The van der Waals surface area contributed by atoms with Crippen LogP contribution in [0.3, 0.4) is 0 Å². The molecule has 0 aliphatic carbocycles. The Morgan fingerprint density at radius 2 is 1.88 bits per heavy atom. The molecule has 6 nitrogen and oxygen atoms in total. The summed E-state index contributed by atoms with van der Waals surface area (Å²) in [6.45, 7) is 2.16. The molecular formula is C20H22N2O4. The van der Waals surface area contributed by atoms with Crippen LogP contribution in [0.2, 0.25) is 0 Å². The third-order valence-corrected chi connectivity index (χ3v) is 5.08. The predicted molar refractivity (Wildman–Crippen MR) is 99.1 cm³/mol. The van der Waals surface area contributed by atoms with Crippen LogP contribution in [-0.2, 0) is 9.53 Å². The Hall–Kier alpha value is -2.89. The lowest BCUT2D eigenvalue weighted by atomic mass is 9.80. The number of hydrogen-bond donors (Lipinski definition) is 2. The summed E-state index contributed by atoms with van der Waals surface area (Å²) in [4.78, 5) is 12.7. The number of rotatable bonds is 4. The third kappa shape index (κ3) is 2.44. The monoisotopic (exact) mass is 354 g/mol. The minimum Gasteiger partial charge on any atom is -0.497 e. The van der Waals surface area contributed by atoms with Crippen LogP contribution in [-0.4, -0.2) is 32.8 Å². The fraction of sp³-hybridized carbons (Fsp3) is 0.350. The summed E-state index contributed by atoms with van der Waals surface area (Å²) >= 11 is 0. The van der Waals surface area contributed by atoms with E-state index in [4.69, 9.17) is 14.2 Å². The number of carbonyl (C=O) groups excluding carboxylic acids is 1. The van der Waals surface area contributed by atoms with Crippen molar-refractivity contribution in [2.45, 2.75) is 24.9 Å². The number of methoxy groups -OCH3 is 2. The lowest BCUT2D eigenvalue weighted by Crippen LogP contribution is -2.42. The van der Waals surface area contributed by atoms with Gasteiger partial charge in [-0.2, -0.15) is 0 Å². The molecule has 6 heteroatoms. The van der Waals surface area contributed by atoms with E-state index in [1.54, 1.807) is 14.2 Å². The van der Waals surface area contributed by atoms with Crippen molar-refractivity contribution in [3.8, 4) is 11.5 Å². The zero-order valence-electron chi connectivity index (χ0n) is 15.0. The number of fused-ring (bicyclic) bond motifs is 5. The maximum Gasteiger partial charge on any atom is 0.329 e. The van der Waals surface area contributed by atoms with E-state index in [1.165, 1.54) is 0 Å². The van der Waals surface area contributed by atoms with Gasteiger partial charge in [-0.05, 0) is 18.6 Å². The molecule has 0 spiro atoms. The molecule has 0 saturated heterocycles. The van der Waals surface area contributed by atoms with Crippen molar-refractivity contribution in [1.29, 1.82) is 0 Å². The number of ether oxygens (including phenoxy) is 3. The van der Waals surface area contributed by atoms with E-state index < -0.39 is 6.04 Å². The molecule has 26 heavy (non-hydrogen) atoms. The van der Waals surface area contributed by atoms with Crippen molar-refractivity contribution in [1.82, 2.24) is 0 Å². The van der Waals surface area contributed by atoms with Crippen LogP contribution in [0, 0.1) is 0 Å². The molecule has 2 N–H and O–H groups in total. The maximum atomic E-state index is 12.7. The first-order valence-electron chi connectivity index (χ1n) is 8.72. The van der Waals surface area contributed by atoms with Gasteiger partial charge in [0.25, 0.3) is 0 Å². The second kappa shape index (κ2) is 6.44. The minimum atomic E-state index is -0.486. The molecule has 2 aliphatic heterocycles. The molecule has 2 heterocycles. The molecule has 0 radical (unpaired) electrons. The summed E-state index contributed by atoms with van der Waals surface area (Å²) in [7, 11) is 3.25. The van der Waals surface area contributed by atoms with E-state index in [0.29, 0.717) is 12.4 Å². The van der Waals surface area contributed by atoms with E-state index in [-0.39, 0.29) is 17.9 Å². The Morgan fingerprint density at radius 1 is 1.08 bits per heavy atom. The highest BCUT2D eigenvalue weighted by molar-refractivity contribution is 5.86. The molecule has 4 rings (SSSR count). The van der Waals surface area contributed by atoms with Crippen LogP contribution in [0.4, 0.5) is 11.4 Å². The molecule has 2 aromatic carbocycles. The van der Waals surface area contributed by atoms with Gasteiger partial charge in [0.05, 0.1) is 26.9 Å². The Bertz CT molecular complexity index is 852. The van der Waals surface area contributed by atoms with Crippen LogP contribution >= 0.6 is 0 Å². The van der Waals surface area contributed by atoms with E-state index in [1.807, 2.05) is 37.3 Å². The quantitative estimate of drug-likeness (QED) is 0.821. The third-order valence-electron chi connectivity index (χ3n) is 5.08. The van der Waals surface area contributed by atoms with Gasteiger partial charge in [0.1, 0.15) is 17.5 Å². The standard InChI is InChI=1S/C20H22N2O4/c1-4-26-20(23)19-16-12-7-5-6-8-13(12)21-18(16)17-14(22-19)9-11(24-2)10-15(17)25-3/h5-10,16,18-19,21-22H,4H2,1-3H3/t16-,18+,19?/m0/s1. The molecule has 0 amide bonds. The van der Waals surface area contributed by atoms with E-state index >= 15 is 0 Å². The first-order chi connectivity index (χ1) is 12.7. The summed E-state index contributed by atoms with van der Waals surface area (Å²) < 4.78 is 16.4. The van der Waals surface area contributed by atoms with Crippen LogP contribution in [0.25, 0.3) is 0 Å². The second-order valence-electron chi connectivity index (χ2n) is 6.40. The first-order valence-corrected chi connectivity index (χ1v) is 8.72. The fourth-order valence-corrected chi connectivity index (χ4v) is 4.00. The van der Waals surface area contributed by atoms with Gasteiger partial charge in [0.2, 0.25) is 0 Å². The smallest absolute Gasteiger partial charge is 0.329 e. The largest absolute Gasteiger partial charge is 0.497 e. The topological polar surface area (TPSA) is 68.8 Å². The Balaban J connectivity index is 1.87. The Morgan fingerprint density at radius 3 is 2.62 bits per heavy atom. The SMILES string of the molecule is CCOC(=O)C1Nc2cc(OC)cc(OC)c2[C@@H]2Nc3ccccc3[C@H]12. The van der Waals surface area contributed by atoms with Crippen LogP contribution in [0.1, 0.15) is 30.0 Å². The molecule has 136 valence electrons. The van der Waals surface area contributed by atoms with Gasteiger partial charge in [-0.1, -0.05) is 18.2 Å². The number of esters is 1. The van der Waals surface area contributed by atoms with Crippen molar-refractivity contribution in [3.05, 3.63) is 47.5 Å². The number of para-hydroxylation sites is 1. The number of anilines is 2. The summed E-state index contributed by atoms with van der Waals surface area (Å²) in [5.74, 6) is 1.06. The average Bonchev–Trinajstić information content (AvgIpc) is 3.05. The van der Waals surface area contributed by atoms with Crippen molar-refractivity contribution in [2.75, 3.05) is 31.5 Å². The number of carbonyl (C=O) groups is 1. The highest BCUT2D eigenvalue weighted by Gasteiger charge is 2.47. The minimum absolute atomic E-state index is 0.0833. The average molecular weight is 354 g/mol. The van der Waals surface area contributed by atoms with Gasteiger partial charge in [0.15, 0.2) is 0 Å². The van der Waals surface area contributed by atoms with Gasteiger partial charge in [-0.15, -0.1) is 0 Å². The van der Waals surface area contributed by atoms with Crippen molar-refractivity contribution in [2.24, 2.45) is 0 Å².